The normalized spacial score (nSPS) is 18.8. The van der Waals surface area contributed by atoms with Crippen molar-refractivity contribution in [1.82, 2.24) is 20.4 Å². The van der Waals surface area contributed by atoms with E-state index in [-0.39, 0.29) is 17.8 Å². The predicted octanol–water partition coefficient (Wildman–Crippen LogP) is 2.55. The lowest BCUT2D eigenvalue weighted by Gasteiger charge is -2.32. The molecule has 1 aliphatic heterocycles. The number of likely N-dealkylation sites (tertiary alicyclic amines) is 1. The standard InChI is InChI=1S/C19H23FN4O2/c20-14-3-1-13(2-4-14)19-22-18(26-23-19)8-7-17(25)21-15-9-11-24(12-10-15)16-5-6-16/h1-4,15-16H,5-12H2,(H,21,25). The van der Waals surface area contributed by atoms with Crippen LogP contribution >= 0.6 is 0 Å². The van der Waals surface area contributed by atoms with E-state index in [0.717, 1.165) is 32.0 Å². The van der Waals surface area contributed by atoms with E-state index >= 15 is 0 Å². The van der Waals surface area contributed by atoms with E-state index in [0.29, 0.717) is 30.1 Å². The Bertz CT molecular complexity index is 749. The Morgan fingerprint density at radius 2 is 1.92 bits per heavy atom. The number of aromatic nitrogens is 2. The van der Waals surface area contributed by atoms with Gasteiger partial charge in [-0.25, -0.2) is 4.39 Å². The summed E-state index contributed by atoms with van der Waals surface area (Å²) in [7, 11) is 0. The second-order valence-electron chi connectivity index (χ2n) is 7.13. The quantitative estimate of drug-likeness (QED) is 0.859. The molecule has 7 heteroatoms. The number of carbonyl (C=O) groups is 1. The summed E-state index contributed by atoms with van der Waals surface area (Å²) in [6.07, 6.45) is 5.45. The summed E-state index contributed by atoms with van der Waals surface area (Å²) in [5.74, 6) is 0.546. The molecule has 138 valence electrons. The molecule has 1 aromatic heterocycles. The third-order valence-corrected chi connectivity index (χ3v) is 5.09. The molecule has 2 fully saturated rings. The first-order valence-electron chi connectivity index (χ1n) is 9.29. The topological polar surface area (TPSA) is 71.3 Å². The number of halogens is 1. The molecule has 1 N–H and O–H groups in total. The van der Waals surface area contributed by atoms with Crippen LogP contribution in [0.2, 0.25) is 0 Å². The number of amides is 1. The van der Waals surface area contributed by atoms with Crippen molar-refractivity contribution in [2.75, 3.05) is 13.1 Å². The minimum absolute atomic E-state index is 0.0244. The van der Waals surface area contributed by atoms with Gasteiger partial charge in [0.1, 0.15) is 5.82 Å². The van der Waals surface area contributed by atoms with Crippen LogP contribution in [0, 0.1) is 5.82 Å². The van der Waals surface area contributed by atoms with Crippen LogP contribution in [0.4, 0.5) is 4.39 Å². The van der Waals surface area contributed by atoms with Gasteiger partial charge in [0.05, 0.1) is 0 Å². The lowest BCUT2D eigenvalue weighted by Crippen LogP contribution is -2.45. The van der Waals surface area contributed by atoms with E-state index in [4.69, 9.17) is 4.52 Å². The van der Waals surface area contributed by atoms with Crippen LogP contribution in [0.3, 0.4) is 0 Å². The van der Waals surface area contributed by atoms with Gasteiger partial charge in [0.15, 0.2) is 0 Å². The molecule has 1 saturated heterocycles. The number of rotatable bonds is 6. The van der Waals surface area contributed by atoms with Crippen molar-refractivity contribution < 1.29 is 13.7 Å². The van der Waals surface area contributed by atoms with Crippen LogP contribution in [0.25, 0.3) is 11.4 Å². The van der Waals surface area contributed by atoms with E-state index < -0.39 is 0 Å². The first kappa shape index (κ1) is 17.1. The van der Waals surface area contributed by atoms with E-state index in [1.54, 1.807) is 12.1 Å². The number of hydrogen-bond donors (Lipinski definition) is 1. The average molecular weight is 358 g/mol. The third-order valence-electron chi connectivity index (χ3n) is 5.09. The van der Waals surface area contributed by atoms with Gasteiger partial charge in [-0.05, 0) is 49.9 Å². The summed E-state index contributed by atoms with van der Waals surface area (Å²) in [5, 5.41) is 7.01. The molecular formula is C19H23FN4O2. The Labute approximate surface area is 151 Å². The predicted molar refractivity (Wildman–Crippen MR) is 93.8 cm³/mol. The van der Waals surface area contributed by atoms with Gasteiger partial charge in [-0.2, -0.15) is 4.98 Å². The highest BCUT2D eigenvalue weighted by atomic mass is 19.1. The molecule has 0 spiro atoms. The van der Waals surface area contributed by atoms with Gasteiger partial charge in [-0.1, -0.05) is 5.16 Å². The molecule has 0 atom stereocenters. The molecule has 1 saturated carbocycles. The number of hydrogen-bond acceptors (Lipinski definition) is 5. The maximum absolute atomic E-state index is 13.0. The second-order valence-corrected chi connectivity index (χ2v) is 7.13. The van der Waals surface area contributed by atoms with Gasteiger partial charge in [-0.3, -0.25) is 4.79 Å². The first-order valence-corrected chi connectivity index (χ1v) is 9.29. The smallest absolute Gasteiger partial charge is 0.227 e. The van der Waals surface area contributed by atoms with E-state index in [2.05, 4.69) is 20.4 Å². The summed E-state index contributed by atoms with van der Waals surface area (Å²) in [6.45, 7) is 2.17. The van der Waals surface area contributed by atoms with Gasteiger partial charge in [0.2, 0.25) is 17.6 Å². The van der Waals surface area contributed by atoms with E-state index in [9.17, 15) is 9.18 Å². The maximum atomic E-state index is 13.0. The summed E-state index contributed by atoms with van der Waals surface area (Å²) in [6, 6.07) is 6.99. The Kier molecular flexibility index (Phi) is 4.97. The molecule has 1 amide bonds. The Morgan fingerprint density at radius 1 is 1.19 bits per heavy atom. The molecule has 26 heavy (non-hydrogen) atoms. The van der Waals surface area contributed by atoms with Gasteiger partial charge in [-0.15, -0.1) is 0 Å². The van der Waals surface area contributed by atoms with Crippen molar-refractivity contribution in [2.24, 2.45) is 0 Å². The number of nitrogens with zero attached hydrogens (tertiary/aromatic N) is 3. The van der Waals surface area contributed by atoms with Crippen molar-refractivity contribution in [3.8, 4) is 11.4 Å². The zero-order valence-electron chi connectivity index (χ0n) is 14.7. The van der Waals surface area contributed by atoms with Gasteiger partial charge in [0, 0.05) is 43.6 Å². The number of carbonyl (C=O) groups excluding carboxylic acids is 1. The van der Waals surface area contributed by atoms with Crippen molar-refractivity contribution in [1.29, 1.82) is 0 Å². The van der Waals surface area contributed by atoms with E-state index in [1.807, 2.05) is 0 Å². The minimum atomic E-state index is -0.308. The van der Waals surface area contributed by atoms with Crippen molar-refractivity contribution in [3.63, 3.8) is 0 Å². The van der Waals surface area contributed by atoms with Crippen LogP contribution in [0.5, 0.6) is 0 Å². The molecule has 4 rings (SSSR count). The first-order chi connectivity index (χ1) is 12.7. The van der Waals surface area contributed by atoms with Crippen LogP contribution in [-0.4, -0.2) is 46.1 Å². The summed E-state index contributed by atoms with van der Waals surface area (Å²) in [5.41, 5.74) is 0.688. The fourth-order valence-electron chi connectivity index (χ4n) is 3.44. The maximum Gasteiger partial charge on any atom is 0.227 e. The fourth-order valence-corrected chi connectivity index (χ4v) is 3.44. The van der Waals surface area contributed by atoms with Crippen LogP contribution in [0.1, 0.15) is 38.0 Å². The molecule has 2 heterocycles. The Hall–Kier alpha value is -2.28. The summed E-state index contributed by atoms with van der Waals surface area (Å²) in [4.78, 5) is 19.0. The summed E-state index contributed by atoms with van der Waals surface area (Å²) >= 11 is 0. The SMILES string of the molecule is O=C(CCc1nc(-c2ccc(F)cc2)no1)NC1CCN(C2CC2)CC1. The number of piperidine rings is 1. The lowest BCUT2D eigenvalue weighted by atomic mass is 10.0. The largest absolute Gasteiger partial charge is 0.353 e. The Balaban J connectivity index is 1.22. The number of aryl methyl sites for hydroxylation is 1. The molecule has 6 nitrogen and oxygen atoms in total. The van der Waals surface area contributed by atoms with Crippen LogP contribution < -0.4 is 5.32 Å². The van der Waals surface area contributed by atoms with E-state index in [1.165, 1.54) is 25.0 Å². The second kappa shape index (κ2) is 7.53. The highest BCUT2D eigenvalue weighted by Gasteiger charge is 2.32. The Morgan fingerprint density at radius 3 is 2.62 bits per heavy atom. The van der Waals surface area contributed by atoms with Gasteiger partial charge < -0.3 is 14.7 Å². The summed E-state index contributed by atoms with van der Waals surface area (Å²) < 4.78 is 18.2. The molecule has 0 radical (unpaired) electrons. The number of benzene rings is 1. The number of nitrogens with one attached hydrogen (secondary N) is 1. The third kappa shape index (κ3) is 4.27. The van der Waals surface area contributed by atoms with Crippen LogP contribution in [-0.2, 0) is 11.2 Å². The molecule has 1 aromatic carbocycles. The molecule has 2 aliphatic rings. The molecule has 1 aliphatic carbocycles. The molecular weight excluding hydrogens is 335 g/mol. The minimum Gasteiger partial charge on any atom is -0.353 e. The van der Waals surface area contributed by atoms with Crippen molar-refractivity contribution >= 4 is 5.91 Å². The highest BCUT2D eigenvalue weighted by Crippen LogP contribution is 2.29. The highest BCUT2D eigenvalue weighted by molar-refractivity contribution is 5.76. The molecule has 2 aromatic rings. The fraction of sp³-hybridized carbons (Fsp3) is 0.526. The molecule has 0 unspecified atom stereocenters. The van der Waals surface area contributed by atoms with Crippen molar-refractivity contribution in [2.45, 2.75) is 50.6 Å². The lowest BCUT2D eigenvalue weighted by molar-refractivity contribution is -0.122. The van der Waals surface area contributed by atoms with Gasteiger partial charge in [0.25, 0.3) is 0 Å². The van der Waals surface area contributed by atoms with Crippen LogP contribution in [0.15, 0.2) is 28.8 Å². The molecule has 0 bridgehead atoms. The monoisotopic (exact) mass is 358 g/mol. The zero-order valence-corrected chi connectivity index (χ0v) is 14.7. The van der Waals surface area contributed by atoms with Crippen molar-refractivity contribution in [3.05, 3.63) is 36.0 Å². The van der Waals surface area contributed by atoms with Gasteiger partial charge >= 0.3 is 0 Å². The average Bonchev–Trinajstić information content (AvgIpc) is 3.39. The zero-order chi connectivity index (χ0) is 17.9.